The average molecular weight is 332 g/mol. The van der Waals surface area contributed by atoms with E-state index in [0.717, 1.165) is 5.56 Å². The highest BCUT2D eigenvalue weighted by atomic mass is 32.1. The number of fused-ring (bicyclic) bond motifs is 2. The smallest absolute Gasteiger partial charge is 0.341 e. The molecule has 0 radical (unpaired) electrons. The highest BCUT2D eigenvalue weighted by Gasteiger charge is 2.24. The first-order chi connectivity index (χ1) is 11.0. The molecular weight excluding hydrogens is 320 g/mol. The highest BCUT2D eigenvalue weighted by molar-refractivity contribution is 7.12. The molecule has 1 aromatic heterocycles. The molecule has 1 N–H and O–H groups in total. The maximum atomic E-state index is 12.6. The van der Waals surface area contributed by atoms with Crippen molar-refractivity contribution in [3.63, 3.8) is 0 Å². The molecule has 0 unspecified atom stereocenters. The second-order valence-corrected chi connectivity index (χ2v) is 5.87. The van der Waals surface area contributed by atoms with Crippen molar-refractivity contribution in [3.8, 4) is 5.75 Å². The van der Waals surface area contributed by atoms with Crippen LogP contribution in [-0.2, 0) is 27.4 Å². The molecule has 0 amide bonds. The van der Waals surface area contributed by atoms with Gasteiger partial charge in [-0.05, 0) is 29.1 Å². The van der Waals surface area contributed by atoms with Crippen molar-refractivity contribution in [2.24, 2.45) is 0 Å². The van der Waals surface area contributed by atoms with E-state index in [-0.39, 0.29) is 12.2 Å². The van der Waals surface area contributed by atoms with E-state index in [1.54, 1.807) is 18.2 Å². The summed E-state index contributed by atoms with van der Waals surface area (Å²) in [5, 5.41) is 10.3. The molecule has 7 heteroatoms. The Kier molecular flexibility index (Phi) is 4.12. The number of thiophene rings is 1. The van der Waals surface area contributed by atoms with Crippen molar-refractivity contribution in [1.82, 2.24) is 0 Å². The number of hydrogen-bond donors (Lipinski definition) is 1. The molecule has 2 aromatic rings. The minimum absolute atomic E-state index is 0.106. The Morgan fingerprint density at radius 1 is 1.30 bits per heavy atom. The molecular formula is C16H12O6S. The molecule has 1 aliphatic heterocycles. The number of hydrogen-bond acceptors (Lipinski definition) is 6. The van der Waals surface area contributed by atoms with E-state index in [0.29, 0.717) is 28.4 Å². The summed E-state index contributed by atoms with van der Waals surface area (Å²) in [4.78, 5) is 35.2. The molecule has 0 spiro atoms. The zero-order valence-corrected chi connectivity index (χ0v) is 12.7. The van der Waals surface area contributed by atoms with Crippen molar-refractivity contribution in [3.05, 3.63) is 51.2 Å². The largest absolute Gasteiger partial charge is 0.488 e. The first-order valence-electron chi connectivity index (χ1n) is 6.79. The van der Waals surface area contributed by atoms with Crippen molar-refractivity contribution in [1.29, 1.82) is 0 Å². The van der Waals surface area contributed by atoms with Crippen LogP contribution in [0.4, 0.5) is 0 Å². The maximum Gasteiger partial charge on any atom is 0.341 e. The SMILES string of the molecule is O=C(O)COC(=O)Cc1ccc2c(c1)C(=O)c1sccc1CO2. The lowest BCUT2D eigenvalue weighted by Crippen LogP contribution is -2.15. The van der Waals surface area contributed by atoms with Gasteiger partial charge in [0.25, 0.3) is 0 Å². The van der Waals surface area contributed by atoms with Crippen LogP contribution in [0, 0.1) is 0 Å². The van der Waals surface area contributed by atoms with Crippen LogP contribution in [0.3, 0.4) is 0 Å². The van der Waals surface area contributed by atoms with Crippen LogP contribution in [0.15, 0.2) is 29.6 Å². The van der Waals surface area contributed by atoms with Gasteiger partial charge in [-0.25, -0.2) is 4.79 Å². The zero-order valence-electron chi connectivity index (χ0n) is 11.9. The number of ether oxygens (including phenoxy) is 2. The Labute approximate surface area is 135 Å². The lowest BCUT2D eigenvalue weighted by molar-refractivity contribution is -0.154. The lowest BCUT2D eigenvalue weighted by atomic mass is 10.0. The van der Waals surface area contributed by atoms with E-state index >= 15 is 0 Å². The Morgan fingerprint density at radius 3 is 2.91 bits per heavy atom. The lowest BCUT2D eigenvalue weighted by Gasteiger charge is -2.08. The van der Waals surface area contributed by atoms with E-state index in [1.807, 2.05) is 11.4 Å². The number of aliphatic carboxylic acids is 1. The first-order valence-corrected chi connectivity index (χ1v) is 7.67. The molecule has 6 nitrogen and oxygen atoms in total. The van der Waals surface area contributed by atoms with Gasteiger partial charge in [0.2, 0.25) is 5.78 Å². The topological polar surface area (TPSA) is 89.9 Å². The standard InChI is InChI=1S/C16H12O6S/c17-13(18)8-22-14(19)6-9-1-2-12-11(5-9)15(20)16-10(7-21-12)3-4-23-16/h1-5H,6-8H2,(H,17,18). The molecule has 118 valence electrons. The van der Waals surface area contributed by atoms with Crippen LogP contribution in [0.5, 0.6) is 5.75 Å². The third-order valence-corrected chi connectivity index (χ3v) is 4.29. The highest BCUT2D eigenvalue weighted by Crippen LogP contribution is 2.31. The van der Waals surface area contributed by atoms with Gasteiger partial charge in [0.05, 0.1) is 16.9 Å². The third kappa shape index (κ3) is 3.24. The number of carbonyl (C=O) groups is 3. The predicted octanol–water partition coefficient (Wildman–Crippen LogP) is 2.04. The predicted molar refractivity (Wildman–Crippen MR) is 80.8 cm³/mol. The molecule has 0 saturated heterocycles. The van der Waals surface area contributed by atoms with E-state index in [2.05, 4.69) is 4.74 Å². The van der Waals surface area contributed by atoms with Gasteiger partial charge >= 0.3 is 11.9 Å². The first kappa shape index (κ1) is 15.2. The van der Waals surface area contributed by atoms with Crippen LogP contribution >= 0.6 is 11.3 Å². The van der Waals surface area contributed by atoms with Crippen LogP contribution < -0.4 is 4.74 Å². The molecule has 23 heavy (non-hydrogen) atoms. The van der Waals surface area contributed by atoms with Crippen molar-refractivity contribution >= 4 is 29.1 Å². The van der Waals surface area contributed by atoms with Gasteiger partial charge in [0, 0.05) is 5.56 Å². The fourth-order valence-corrected chi connectivity index (χ4v) is 3.14. The molecule has 1 aliphatic rings. The molecule has 0 saturated carbocycles. The Balaban J connectivity index is 1.82. The number of carboxylic acids is 1. The fraction of sp³-hybridized carbons (Fsp3) is 0.188. The summed E-state index contributed by atoms with van der Waals surface area (Å²) in [7, 11) is 0. The maximum absolute atomic E-state index is 12.6. The Morgan fingerprint density at radius 2 is 2.13 bits per heavy atom. The minimum Gasteiger partial charge on any atom is -0.488 e. The molecule has 2 heterocycles. The molecule has 0 atom stereocenters. The number of esters is 1. The van der Waals surface area contributed by atoms with Gasteiger partial charge in [-0.3, -0.25) is 9.59 Å². The van der Waals surface area contributed by atoms with Gasteiger partial charge in [-0.2, -0.15) is 0 Å². The van der Waals surface area contributed by atoms with Crippen molar-refractivity contribution in [2.75, 3.05) is 6.61 Å². The van der Waals surface area contributed by atoms with E-state index < -0.39 is 18.5 Å². The van der Waals surface area contributed by atoms with E-state index in [1.165, 1.54) is 11.3 Å². The summed E-state index contributed by atoms with van der Waals surface area (Å²) in [6.07, 6.45) is -0.106. The van der Waals surface area contributed by atoms with Crippen LogP contribution in [0.2, 0.25) is 0 Å². The quantitative estimate of drug-likeness (QED) is 0.862. The van der Waals surface area contributed by atoms with Gasteiger partial charge in [-0.1, -0.05) is 6.07 Å². The average Bonchev–Trinajstić information content (AvgIpc) is 2.95. The van der Waals surface area contributed by atoms with E-state index in [9.17, 15) is 14.4 Å². The molecule has 0 bridgehead atoms. The summed E-state index contributed by atoms with van der Waals surface area (Å²) >= 11 is 1.36. The monoisotopic (exact) mass is 332 g/mol. The number of ketones is 1. The summed E-state index contributed by atoms with van der Waals surface area (Å²) in [5.41, 5.74) is 1.81. The number of carboxylic acid groups (broad SMARTS) is 1. The summed E-state index contributed by atoms with van der Waals surface area (Å²) in [6, 6.07) is 6.75. The minimum atomic E-state index is -1.21. The van der Waals surface area contributed by atoms with E-state index in [4.69, 9.17) is 9.84 Å². The molecule has 0 aliphatic carbocycles. The van der Waals surface area contributed by atoms with Gasteiger partial charge in [0.1, 0.15) is 12.4 Å². The van der Waals surface area contributed by atoms with Crippen molar-refractivity contribution < 1.29 is 29.0 Å². The summed E-state index contributed by atoms with van der Waals surface area (Å²) in [5.74, 6) is -1.54. The zero-order chi connectivity index (χ0) is 16.4. The molecule has 1 aromatic carbocycles. The number of rotatable bonds is 4. The third-order valence-electron chi connectivity index (χ3n) is 3.33. The second kappa shape index (κ2) is 6.21. The Bertz CT molecular complexity index is 792. The molecule has 3 rings (SSSR count). The van der Waals surface area contributed by atoms with Crippen LogP contribution in [-0.4, -0.2) is 29.4 Å². The van der Waals surface area contributed by atoms with Crippen LogP contribution in [0.25, 0.3) is 0 Å². The number of benzene rings is 1. The summed E-state index contributed by atoms with van der Waals surface area (Å²) < 4.78 is 10.2. The Hall–Kier alpha value is -2.67. The summed E-state index contributed by atoms with van der Waals surface area (Å²) in [6.45, 7) is -0.345. The normalized spacial score (nSPS) is 12.6. The number of carbonyl (C=O) groups excluding carboxylic acids is 2. The van der Waals surface area contributed by atoms with Gasteiger partial charge < -0.3 is 14.6 Å². The van der Waals surface area contributed by atoms with Gasteiger partial charge in [0.15, 0.2) is 6.61 Å². The van der Waals surface area contributed by atoms with Gasteiger partial charge in [-0.15, -0.1) is 11.3 Å². The second-order valence-electron chi connectivity index (χ2n) is 4.95. The molecule has 0 fully saturated rings. The fourth-order valence-electron chi connectivity index (χ4n) is 2.28. The van der Waals surface area contributed by atoms with Crippen molar-refractivity contribution in [2.45, 2.75) is 13.0 Å². The van der Waals surface area contributed by atoms with Crippen LogP contribution in [0.1, 0.15) is 26.4 Å².